The van der Waals surface area contributed by atoms with Gasteiger partial charge in [0.25, 0.3) is 0 Å². The fourth-order valence-corrected chi connectivity index (χ4v) is 0.934. The van der Waals surface area contributed by atoms with E-state index in [0.29, 0.717) is 13.2 Å². The van der Waals surface area contributed by atoms with Crippen LogP contribution in [0.15, 0.2) is 0 Å². The summed E-state index contributed by atoms with van der Waals surface area (Å²) >= 11 is 0. The maximum Gasteiger partial charge on any atom is 0.154 e. The van der Waals surface area contributed by atoms with E-state index in [9.17, 15) is 0 Å². The molecular weight excluding hydrogens is 166 g/mol. The van der Waals surface area contributed by atoms with Gasteiger partial charge in [0, 0.05) is 18.7 Å². The summed E-state index contributed by atoms with van der Waals surface area (Å²) in [6.45, 7) is 12.6. The van der Waals surface area contributed by atoms with Gasteiger partial charge in [0.05, 0.1) is 6.61 Å². The minimum absolute atomic E-state index is 0.0910. The minimum atomic E-state index is -0.0910. The first-order valence-corrected chi connectivity index (χ1v) is 4.94. The maximum absolute atomic E-state index is 5.39. The molecule has 0 aromatic heterocycles. The van der Waals surface area contributed by atoms with Gasteiger partial charge in [-0.2, -0.15) is 0 Å². The molecule has 0 spiro atoms. The van der Waals surface area contributed by atoms with E-state index in [2.05, 4.69) is 26.1 Å². The van der Waals surface area contributed by atoms with Gasteiger partial charge in [0.2, 0.25) is 0 Å². The van der Waals surface area contributed by atoms with Crippen molar-refractivity contribution in [1.82, 2.24) is 5.32 Å². The molecule has 0 aromatic rings. The molecule has 0 heterocycles. The summed E-state index contributed by atoms with van der Waals surface area (Å²) in [7, 11) is 0. The van der Waals surface area contributed by atoms with Gasteiger partial charge in [0.1, 0.15) is 0 Å². The zero-order valence-corrected chi connectivity index (χ0v) is 9.52. The second-order valence-corrected chi connectivity index (χ2v) is 4.07. The predicted molar refractivity (Wildman–Crippen MR) is 54.8 cm³/mol. The molecule has 1 N–H and O–H groups in total. The predicted octanol–water partition coefficient (Wildman–Crippen LogP) is 1.77. The Labute approximate surface area is 81.8 Å². The van der Waals surface area contributed by atoms with Crippen LogP contribution in [0.4, 0.5) is 0 Å². The lowest BCUT2D eigenvalue weighted by Crippen LogP contribution is -2.38. The van der Waals surface area contributed by atoms with Crippen LogP contribution in [0.25, 0.3) is 0 Å². The van der Waals surface area contributed by atoms with Crippen LogP contribution in [0.5, 0.6) is 0 Å². The molecule has 0 aliphatic heterocycles. The molecule has 1 unspecified atom stereocenters. The van der Waals surface area contributed by atoms with Crippen LogP contribution in [0.2, 0.25) is 0 Å². The highest BCUT2D eigenvalue weighted by atomic mass is 16.7. The molecule has 0 radical (unpaired) electrons. The molecule has 13 heavy (non-hydrogen) atoms. The summed E-state index contributed by atoms with van der Waals surface area (Å²) in [5.41, 5.74) is 0.165. The van der Waals surface area contributed by atoms with Crippen molar-refractivity contribution in [3.05, 3.63) is 0 Å². The topological polar surface area (TPSA) is 30.5 Å². The van der Waals surface area contributed by atoms with E-state index in [0.717, 1.165) is 6.54 Å². The molecule has 0 fully saturated rings. The first-order valence-electron chi connectivity index (χ1n) is 4.94. The summed E-state index contributed by atoms with van der Waals surface area (Å²) in [6.07, 6.45) is -0.0910. The fourth-order valence-electron chi connectivity index (χ4n) is 0.934. The van der Waals surface area contributed by atoms with E-state index < -0.39 is 0 Å². The van der Waals surface area contributed by atoms with Crippen molar-refractivity contribution in [2.45, 2.75) is 46.4 Å². The highest BCUT2D eigenvalue weighted by Gasteiger charge is 2.07. The third kappa shape index (κ3) is 9.80. The zero-order valence-electron chi connectivity index (χ0n) is 9.52. The minimum Gasteiger partial charge on any atom is -0.353 e. The van der Waals surface area contributed by atoms with Gasteiger partial charge in [-0.05, 0) is 34.6 Å². The standard InChI is InChI=1S/C10H23NO2/c1-6-12-9(2)13-8-7-11-10(3,4)5/h9,11H,6-8H2,1-5H3. The molecule has 3 nitrogen and oxygen atoms in total. The Kier molecular flexibility index (Phi) is 6.29. The molecule has 0 saturated heterocycles. The SMILES string of the molecule is CCOC(C)OCCNC(C)(C)C. The van der Waals surface area contributed by atoms with Gasteiger partial charge in [-0.15, -0.1) is 0 Å². The van der Waals surface area contributed by atoms with Gasteiger partial charge in [-0.1, -0.05) is 0 Å². The summed E-state index contributed by atoms with van der Waals surface area (Å²) in [4.78, 5) is 0. The molecule has 0 aliphatic carbocycles. The van der Waals surface area contributed by atoms with Crippen LogP contribution < -0.4 is 5.32 Å². The van der Waals surface area contributed by atoms with Crippen LogP contribution in [-0.2, 0) is 9.47 Å². The van der Waals surface area contributed by atoms with Crippen molar-refractivity contribution in [3.63, 3.8) is 0 Å². The Morgan fingerprint density at radius 2 is 1.85 bits per heavy atom. The van der Waals surface area contributed by atoms with Crippen molar-refractivity contribution in [2.75, 3.05) is 19.8 Å². The molecule has 1 atom stereocenters. The maximum atomic E-state index is 5.39. The van der Waals surface area contributed by atoms with Gasteiger partial charge in [-0.25, -0.2) is 0 Å². The third-order valence-electron chi connectivity index (χ3n) is 1.51. The van der Waals surface area contributed by atoms with Gasteiger partial charge >= 0.3 is 0 Å². The quantitative estimate of drug-likeness (QED) is 0.510. The van der Waals surface area contributed by atoms with Crippen molar-refractivity contribution in [3.8, 4) is 0 Å². The van der Waals surface area contributed by atoms with Gasteiger partial charge in [0.15, 0.2) is 6.29 Å². The number of nitrogens with one attached hydrogen (secondary N) is 1. The number of ether oxygens (including phenoxy) is 2. The lowest BCUT2D eigenvalue weighted by Gasteiger charge is -2.21. The van der Waals surface area contributed by atoms with Crippen LogP contribution >= 0.6 is 0 Å². The normalized spacial score (nSPS) is 14.5. The van der Waals surface area contributed by atoms with E-state index in [1.165, 1.54) is 0 Å². The highest BCUT2D eigenvalue weighted by Crippen LogP contribution is 1.98. The van der Waals surface area contributed by atoms with E-state index in [4.69, 9.17) is 9.47 Å². The first kappa shape index (κ1) is 12.9. The molecule has 80 valence electrons. The van der Waals surface area contributed by atoms with Crippen molar-refractivity contribution >= 4 is 0 Å². The van der Waals surface area contributed by atoms with E-state index in [1.54, 1.807) is 0 Å². The van der Waals surface area contributed by atoms with E-state index in [1.807, 2.05) is 13.8 Å². The first-order chi connectivity index (χ1) is 5.95. The number of rotatable bonds is 6. The Morgan fingerprint density at radius 3 is 2.31 bits per heavy atom. The molecule has 0 amide bonds. The largest absolute Gasteiger partial charge is 0.353 e. The fraction of sp³-hybridized carbons (Fsp3) is 1.00. The van der Waals surface area contributed by atoms with Crippen LogP contribution in [0.1, 0.15) is 34.6 Å². The summed E-state index contributed by atoms with van der Waals surface area (Å²) in [5.74, 6) is 0. The molecule has 0 saturated carbocycles. The van der Waals surface area contributed by atoms with E-state index in [-0.39, 0.29) is 11.8 Å². The van der Waals surface area contributed by atoms with Crippen molar-refractivity contribution in [1.29, 1.82) is 0 Å². The second-order valence-electron chi connectivity index (χ2n) is 4.07. The average Bonchev–Trinajstić information content (AvgIpc) is 1.97. The Morgan fingerprint density at radius 1 is 1.23 bits per heavy atom. The molecule has 3 heteroatoms. The number of hydrogen-bond donors (Lipinski definition) is 1. The third-order valence-corrected chi connectivity index (χ3v) is 1.51. The number of hydrogen-bond acceptors (Lipinski definition) is 3. The van der Waals surface area contributed by atoms with Crippen molar-refractivity contribution < 1.29 is 9.47 Å². The van der Waals surface area contributed by atoms with Crippen LogP contribution in [0, 0.1) is 0 Å². The second kappa shape index (κ2) is 6.35. The lowest BCUT2D eigenvalue weighted by atomic mass is 10.1. The van der Waals surface area contributed by atoms with Gasteiger partial charge < -0.3 is 14.8 Å². The summed E-state index contributed by atoms with van der Waals surface area (Å²) < 4.78 is 10.6. The Hall–Kier alpha value is -0.120. The molecular formula is C10H23NO2. The van der Waals surface area contributed by atoms with Crippen LogP contribution in [-0.4, -0.2) is 31.6 Å². The van der Waals surface area contributed by atoms with Crippen LogP contribution in [0.3, 0.4) is 0 Å². The average molecular weight is 189 g/mol. The zero-order chi connectivity index (χ0) is 10.3. The molecule has 0 aliphatic rings. The molecule has 0 aromatic carbocycles. The highest BCUT2D eigenvalue weighted by molar-refractivity contribution is 4.69. The Bertz CT molecular complexity index is 121. The molecule has 0 bridgehead atoms. The monoisotopic (exact) mass is 189 g/mol. The lowest BCUT2D eigenvalue weighted by molar-refractivity contribution is -0.126. The van der Waals surface area contributed by atoms with Gasteiger partial charge in [-0.3, -0.25) is 0 Å². The van der Waals surface area contributed by atoms with Crippen molar-refractivity contribution in [2.24, 2.45) is 0 Å². The summed E-state index contributed by atoms with van der Waals surface area (Å²) in [5, 5.41) is 3.34. The Balaban J connectivity index is 3.25. The smallest absolute Gasteiger partial charge is 0.154 e. The molecule has 0 rings (SSSR count). The summed E-state index contributed by atoms with van der Waals surface area (Å²) in [6, 6.07) is 0. The van der Waals surface area contributed by atoms with E-state index >= 15 is 0 Å².